The Hall–Kier alpha value is -3.94. The van der Waals surface area contributed by atoms with Crippen molar-refractivity contribution >= 4 is 5.97 Å². The predicted octanol–water partition coefficient (Wildman–Crippen LogP) is 4.91. The van der Waals surface area contributed by atoms with Crippen molar-refractivity contribution in [1.29, 1.82) is 0 Å². The first kappa shape index (κ1) is 22.3. The van der Waals surface area contributed by atoms with Gasteiger partial charge < -0.3 is 13.9 Å². The van der Waals surface area contributed by atoms with E-state index in [1.807, 2.05) is 57.2 Å². The number of hydrogen-bond donors (Lipinski definition) is 0. The lowest BCUT2D eigenvalue weighted by molar-refractivity contribution is 0.0459. The minimum absolute atomic E-state index is 0.0267. The summed E-state index contributed by atoms with van der Waals surface area (Å²) in [5, 5.41) is 8.19. The van der Waals surface area contributed by atoms with E-state index in [4.69, 9.17) is 13.9 Å². The number of aromatic nitrogens is 4. The lowest BCUT2D eigenvalue weighted by Crippen LogP contribution is -2.09. The van der Waals surface area contributed by atoms with Gasteiger partial charge in [0.25, 0.3) is 0 Å². The normalized spacial score (nSPS) is 10.9. The predicted molar refractivity (Wildman–Crippen MR) is 123 cm³/mol. The molecule has 0 bridgehead atoms. The molecule has 0 spiro atoms. The summed E-state index contributed by atoms with van der Waals surface area (Å²) in [5.41, 5.74) is 5.20. The Morgan fingerprint density at radius 1 is 1.03 bits per heavy atom. The van der Waals surface area contributed by atoms with Gasteiger partial charge in [-0.05, 0) is 82.1 Å². The smallest absolute Gasteiger partial charge is 0.361 e. The highest BCUT2D eigenvalue weighted by atomic mass is 16.5. The van der Waals surface area contributed by atoms with Gasteiger partial charge in [-0.2, -0.15) is 0 Å². The highest BCUT2D eigenvalue weighted by Crippen LogP contribution is 2.25. The molecule has 0 N–H and O–H groups in total. The van der Waals surface area contributed by atoms with Crippen LogP contribution in [0.1, 0.15) is 45.7 Å². The average molecular weight is 447 g/mol. The number of ether oxygens (including phenoxy) is 2. The van der Waals surface area contributed by atoms with Crippen molar-refractivity contribution in [3.8, 4) is 22.9 Å². The van der Waals surface area contributed by atoms with Crippen LogP contribution in [-0.2, 0) is 11.3 Å². The van der Waals surface area contributed by atoms with E-state index in [2.05, 4.69) is 21.4 Å². The summed E-state index contributed by atoms with van der Waals surface area (Å²) in [4.78, 5) is 17.2. The Labute approximate surface area is 192 Å². The fourth-order valence-corrected chi connectivity index (χ4v) is 3.58. The van der Waals surface area contributed by atoms with Gasteiger partial charge in [-0.15, -0.1) is 5.10 Å². The number of carbonyl (C=O) groups excluding carboxylic acids is 1. The van der Waals surface area contributed by atoms with Crippen LogP contribution in [0.4, 0.5) is 0 Å². The Morgan fingerprint density at radius 2 is 1.73 bits per heavy atom. The van der Waals surface area contributed by atoms with Crippen LogP contribution in [0.3, 0.4) is 0 Å². The van der Waals surface area contributed by atoms with Crippen molar-refractivity contribution < 1.29 is 18.7 Å². The molecule has 0 aliphatic rings. The van der Waals surface area contributed by atoms with E-state index in [1.54, 1.807) is 18.5 Å². The standard InChI is InChI=1S/C25H26N4O4/c1-6-31-21-9-7-19(8-10-21)24-26-22(18(5)33-24)14-32-25(30)23-17(4)29(28-27-23)20-12-15(2)11-16(3)13-20/h7-13H,6,14H2,1-5H3. The topological polar surface area (TPSA) is 92.3 Å². The van der Waals surface area contributed by atoms with Crippen LogP contribution in [0.15, 0.2) is 46.9 Å². The van der Waals surface area contributed by atoms with Gasteiger partial charge in [0.15, 0.2) is 5.69 Å². The van der Waals surface area contributed by atoms with Gasteiger partial charge in [-0.3, -0.25) is 0 Å². The van der Waals surface area contributed by atoms with Crippen LogP contribution >= 0.6 is 0 Å². The van der Waals surface area contributed by atoms with Gasteiger partial charge in [0.05, 0.1) is 18.0 Å². The number of carbonyl (C=O) groups is 1. The van der Waals surface area contributed by atoms with Crippen LogP contribution in [0.2, 0.25) is 0 Å². The minimum atomic E-state index is -0.562. The first-order valence-corrected chi connectivity index (χ1v) is 10.7. The van der Waals surface area contributed by atoms with Crippen molar-refractivity contribution in [3.05, 3.63) is 76.4 Å². The molecule has 170 valence electrons. The second-order valence-corrected chi connectivity index (χ2v) is 7.84. The average Bonchev–Trinajstić information content (AvgIpc) is 3.34. The zero-order valence-corrected chi connectivity index (χ0v) is 19.4. The minimum Gasteiger partial charge on any atom is -0.494 e. The van der Waals surface area contributed by atoms with Gasteiger partial charge in [0, 0.05) is 5.56 Å². The summed E-state index contributed by atoms with van der Waals surface area (Å²) in [6.45, 7) is 10.1. The van der Waals surface area contributed by atoms with Crippen LogP contribution < -0.4 is 4.74 Å². The Balaban J connectivity index is 1.47. The molecule has 0 radical (unpaired) electrons. The SMILES string of the molecule is CCOc1ccc(-c2nc(COC(=O)c3nnn(-c4cc(C)cc(C)c4)c3C)c(C)o2)cc1. The zero-order chi connectivity index (χ0) is 23.5. The fourth-order valence-electron chi connectivity index (χ4n) is 3.58. The van der Waals surface area contributed by atoms with Crippen LogP contribution in [0.25, 0.3) is 17.1 Å². The van der Waals surface area contributed by atoms with Crippen molar-refractivity contribution in [1.82, 2.24) is 20.0 Å². The molecule has 0 atom stereocenters. The Morgan fingerprint density at radius 3 is 2.39 bits per heavy atom. The molecule has 2 heterocycles. The van der Waals surface area contributed by atoms with Gasteiger partial charge in [-0.25, -0.2) is 14.5 Å². The Bertz CT molecular complexity index is 1270. The van der Waals surface area contributed by atoms with Gasteiger partial charge in [0.2, 0.25) is 5.89 Å². The largest absolute Gasteiger partial charge is 0.494 e. The number of oxazole rings is 1. The molecule has 4 rings (SSSR count). The van der Waals surface area contributed by atoms with E-state index in [1.165, 1.54) is 0 Å². The van der Waals surface area contributed by atoms with Gasteiger partial charge >= 0.3 is 5.97 Å². The molecule has 33 heavy (non-hydrogen) atoms. The molecule has 0 amide bonds. The van der Waals surface area contributed by atoms with E-state index in [-0.39, 0.29) is 12.3 Å². The maximum atomic E-state index is 12.7. The summed E-state index contributed by atoms with van der Waals surface area (Å²) in [6, 6.07) is 13.5. The molecule has 2 aromatic heterocycles. The first-order chi connectivity index (χ1) is 15.9. The van der Waals surface area contributed by atoms with Crippen molar-refractivity contribution in [3.63, 3.8) is 0 Å². The fraction of sp³-hybridized carbons (Fsp3) is 0.280. The second-order valence-electron chi connectivity index (χ2n) is 7.84. The molecule has 4 aromatic rings. The zero-order valence-electron chi connectivity index (χ0n) is 19.4. The summed E-state index contributed by atoms with van der Waals surface area (Å²) in [6.07, 6.45) is 0. The summed E-state index contributed by atoms with van der Waals surface area (Å²) < 4.78 is 18.4. The number of hydrogen-bond acceptors (Lipinski definition) is 7. The maximum Gasteiger partial charge on any atom is 0.361 e. The highest BCUT2D eigenvalue weighted by molar-refractivity contribution is 5.88. The number of esters is 1. The molecule has 0 saturated heterocycles. The number of benzene rings is 2. The van der Waals surface area contributed by atoms with E-state index < -0.39 is 5.97 Å². The molecular formula is C25H26N4O4. The quantitative estimate of drug-likeness (QED) is 0.372. The molecular weight excluding hydrogens is 420 g/mol. The summed E-state index contributed by atoms with van der Waals surface area (Å²) >= 11 is 0. The number of rotatable bonds is 7. The number of aryl methyl sites for hydroxylation is 3. The highest BCUT2D eigenvalue weighted by Gasteiger charge is 2.21. The van der Waals surface area contributed by atoms with Gasteiger partial charge in [0.1, 0.15) is 23.8 Å². The van der Waals surface area contributed by atoms with Crippen LogP contribution in [0, 0.1) is 27.7 Å². The van der Waals surface area contributed by atoms with Crippen molar-refractivity contribution in [2.45, 2.75) is 41.2 Å². The monoisotopic (exact) mass is 446 g/mol. The Kier molecular flexibility index (Phi) is 6.26. The summed E-state index contributed by atoms with van der Waals surface area (Å²) in [7, 11) is 0. The van der Waals surface area contributed by atoms with E-state index in [9.17, 15) is 4.79 Å². The van der Waals surface area contributed by atoms with Crippen LogP contribution in [0.5, 0.6) is 5.75 Å². The molecule has 0 aliphatic carbocycles. The maximum absolute atomic E-state index is 12.7. The van der Waals surface area contributed by atoms with E-state index in [0.717, 1.165) is 28.1 Å². The molecule has 0 fully saturated rings. The lowest BCUT2D eigenvalue weighted by atomic mass is 10.1. The lowest BCUT2D eigenvalue weighted by Gasteiger charge is -2.06. The molecule has 0 saturated carbocycles. The molecule has 0 aliphatic heterocycles. The molecule has 0 unspecified atom stereocenters. The molecule has 8 nitrogen and oxygen atoms in total. The second kappa shape index (κ2) is 9.28. The van der Waals surface area contributed by atoms with E-state index >= 15 is 0 Å². The third kappa shape index (κ3) is 4.79. The van der Waals surface area contributed by atoms with Gasteiger partial charge in [-0.1, -0.05) is 11.3 Å². The van der Waals surface area contributed by atoms with E-state index in [0.29, 0.717) is 29.6 Å². The van der Waals surface area contributed by atoms with Crippen molar-refractivity contribution in [2.75, 3.05) is 6.61 Å². The third-order valence-corrected chi connectivity index (χ3v) is 5.18. The first-order valence-electron chi connectivity index (χ1n) is 10.7. The third-order valence-electron chi connectivity index (χ3n) is 5.18. The number of nitrogens with zero attached hydrogens (tertiary/aromatic N) is 4. The summed E-state index contributed by atoms with van der Waals surface area (Å²) in [5.74, 6) is 1.26. The van der Waals surface area contributed by atoms with Crippen molar-refractivity contribution in [2.24, 2.45) is 0 Å². The molecule has 8 heteroatoms. The van der Waals surface area contributed by atoms with Crippen LogP contribution in [-0.4, -0.2) is 32.6 Å². The molecule has 2 aromatic carbocycles.